The Morgan fingerprint density at radius 2 is 1.87 bits per heavy atom. The molecular formula is C17H31NO4Si. The van der Waals surface area contributed by atoms with Crippen LogP contribution < -0.4 is 5.32 Å². The van der Waals surface area contributed by atoms with Gasteiger partial charge < -0.3 is 14.5 Å². The van der Waals surface area contributed by atoms with Crippen molar-refractivity contribution in [2.45, 2.75) is 83.7 Å². The lowest BCUT2D eigenvalue weighted by molar-refractivity contribution is -0.155. The van der Waals surface area contributed by atoms with Gasteiger partial charge in [0.2, 0.25) is 5.91 Å². The number of esters is 1. The van der Waals surface area contributed by atoms with Gasteiger partial charge in [0.25, 0.3) is 0 Å². The summed E-state index contributed by atoms with van der Waals surface area (Å²) < 4.78 is 12.0. The van der Waals surface area contributed by atoms with E-state index in [2.05, 4.69) is 33.0 Å². The van der Waals surface area contributed by atoms with Gasteiger partial charge in [-0.25, -0.2) is 0 Å². The smallest absolute Gasteiger partial charge is 0.316 e. The third-order valence-electron chi connectivity index (χ3n) is 5.72. The zero-order valence-electron chi connectivity index (χ0n) is 14.9. The van der Waals surface area contributed by atoms with Crippen LogP contribution >= 0.6 is 0 Å². The summed E-state index contributed by atoms with van der Waals surface area (Å²) in [6.45, 7) is 9.10. The average Bonchev–Trinajstić information content (AvgIpc) is 3.24. The van der Waals surface area contributed by atoms with Gasteiger partial charge >= 0.3 is 5.97 Å². The lowest BCUT2D eigenvalue weighted by atomic mass is 9.87. The standard InChI is InChI=1S/C17H31NO4Si/c1-5-9-10-21-16(20)17(13-11-15(19)18-13)12-14(17)22-23(6-2,7-3)8-4/h13-14H,5-12H2,1-4H3,(H,18,19). The van der Waals surface area contributed by atoms with Crippen molar-refractivity contribution in [1.82, 2.24) is 5.32 Å². The fourth-order valence-corrected chi connectivity index (χ4v) is 6.43. The van der Waals surface area contributed by atoms with Gasteiger partial charge in [-0.3, -0.25) is 9.59 Å². The van der Waals surface area contributed by atoms with Gasteiger partial charge in [0.1, 0.15) is 5.41 Å². The Hall–Kier alpha value is -0.883. The average molecular weight is 342 g/mol. The number of β-lactam (4-membered cyclic amide) rings is 1. The van der Waals surface area contributed by atoms with Crippen LogP contribution in [0.4, 0.5) is 0 Å². The van der Waals surface area contributed by atoms with E-state index in [-0.39, 0.29) is 24.0 Å². The summed E-state index contributed by atoms with van der Waals surface area (Å²) in [7, 11) is -1.76. The molecule has 0 radical (unpaired) electrons. The minimum absolute atomic E-state index is 0.0198. The highest BCUT2D eigenvalue weighted by molar-refractivity contribution is 6.73. The number of ether oxygens (including phenoxy) is 1. The predicted octanol–water partition coefficient (Wildman–Crippen LogP) is 3.00. The van der Waals surface area contributed by atoms with E-state index < -0.39 is 13.7 Å². The molecule has 0 aromatic carbocycles. The van der Waals surface area contributed by atoms with Crippen molar-refractivity contribution < 1.29 is 18.8 Å². The monoisotopic (exact) mass is 341 g/mol. The Bertz CT molecular complexity index is 436. The first-order valence-corrected chi connectivity index (χ1v) is 11.6. The second kappa shape index (κ2) is 7.34. The highest BCUT2D eigenvalue weighted by Crippen LogP contribution is 2.56. The first-order valence-electron chi connectivity index (χ1n) is 9.12. The molecule has 132 valence electrons. The van der Waals surface area contributed by atoms with Crippen molar-refractivity contribution in [1.29, 1.82) is 0 Å². The Labute approximate surface area is 140 Å². The Kier molecular flexibility index (Phi) is 5.89. The first-order chi connectivity index (χ1) is 11.0. The second-order valence-electron chi connectivity index (χ2n) is 6.91. The molecule has 2 aliphatic rings. The van der Waals surface area contributed by atoms with E-state index in [9.17, 15) is 9.59 Å². The molecule has 0 bridgehead atoms. The molecule has 0 aromatic heterocycles. The normalized spacial score (nSPS) is 29.7. The number of carbonyl (C=O) groups excluding carboxylic acids is 2. The van der Waals surface area contributed by atoms with Gasteiger partial charge in [-0.1, -0.05) is 34.1 Å². The molecule has 23 heavy (non-hydrogen) atoms. The number of carbonyl (C=O) groups is 2. The largest absolute Gasteiger partial charge is 0.465 e. The zero-order valence-corrected chi connectivity index (χ0v) is 15.9. The van der Waals surface area contributed by atoms with E-state index in [0.29, 0.717) is 19.4 Å². The molecule has 6 heteroatoms. The third-order valence-corrected chi connectivity index (χ3v) is 10.4. The maximum atomic E-state index is 12.7. The van der Waals surface area contributed by atoms with E-state index in [1.807, 2.05) is 0 Å². The molecule has 1 saturated carbocycles. The highest BCUT2D eigenvalue weighted by atomic mass is 28.4. The van der Waals surface area contributed by atoms with Crippen molar-refractivity contribution >= 4 is 20.2 Å². The van der Waals surface area contributed by atoms with Crippen molar-refractivity contribution in [2.75, 3.05) is 6.61 Å². The maximum Gasteiger partial charge on any atom is 0.316 e. The summed E-state index contributed by atoms with van der Waals surface area (Å²) in [6.07, 6.45) is 2.91. The number of hydrogen-bond donors (Lipinski definition) is 1. The van der Waals surface area contributed by atoms with Gasteiger partial charge in [0.15, 0.2) is 8.32 Å². The minimum atomic E-state index is -1.76. The molecule has 2 rings (SSSR count). The van der Waals surface area contributed by atoms with Crippen LogP contribution in [0.3, 0.4) is 0 Å². The highest BCUT2D eigenvalue weighted by Gasteiger charge is 2.70. The van der Waals surface area contributed by atoms with Crippen LogP contribution in [0.5, 0.6) is 0 Å². The number of nitrogens with one attached hydrogen (secondary N) is 1. The van der Waals surface area contributed by atoms with E-state index >= 15 is 0 Å². The minimum Gasteiger partial charge on any atom is -0.465 e. The van der Waals surface area contributed by atoms with Crippen LogP contribution in [-0.4, -0.2) is 38.9 Å². The number of amides is 1. The molecule has 3 unspecified atom stereocenters. The van der Waals surface area contributed by atoms with E-state index in [0.717, 1.165) is 31.0 Å². The summed E-state index contributed by atoms with van der Waals surface area (Å²) >= 11 is 0. The first kappa shape index (κ1) is 18.5. The second-order valence-corrected chi connectivity index (χ2v) is 11.6. The third kappa shape index (κ3) is 3.48. The van der Waals surface area contributed by atoms with Gasteiger partial charge in [0, 0.05) is 6.42 Å². The maximum absolute atomic E-state index is 12.7. The van der Waals surface area contributed by atoms with Gasteiger partial charge in [0.05, 0.1) is 18.8 Å². The Balaban J connectivity index is 2.06. The predicted molar refractivity (Wildman–Crippen MR) is 91.5 cm³/mol. The lowest BCUT2D eigenvalue weighted by Crippen LogP contribution is -2.58. The van der Waals surface area contributed by atoms with E-state index in [1.165, 1.54) is 0 Å². The van der Waals surface area contributed by atoms with Gasteiger partial charge in [-0.05, 0) is 31.0 Å². The van der Waals surface area contributed by atoms with Crippen molar-refractivity contribution in [3.8, 4) is 0 Å². The van der Waals surface area contributed by atoms with Crippen LogP contribution in [0.15, 0.2) is 0 Å². The topological polar surface area (TPSA) is 64.6 Å². The quantitative estimate of drug-likeness (QED) is 0.287. The molecule has 1 aliphatic heterocycles. The summed E-state index contributed by atoms with van der Waals surface area (Å²) in [6, 6.07) is 3.09. The van der Waals surface area contributed by atoms with Crippen LogP contribution in [0.2, 0.25) is 18.1 Å². The SMILES string of the molecule is CCCCOC(=O)C1(C2CC(=O)N2)CC1O[Si](CC)(CC)CC. The van der Waals surface area contributed by atoms with Crippen LogP contribution in [0.1, 0.15) is 53.4 Å². The van der Waals surface area contributed by atoms with Crippen LogP contribution in [0.25, 0.3) is 0 Å². The summed E-state index contributed by atoms with van der Waals surface area (Å²) in [4.78, 5) is 24.0. The van der Waals surface area contributed by atoms with Crippen molar-refractivity contribution in [3.63, 3.8) is 0 Å². The van der Waals surface area contributed by atoms with E-state index in [4.69, 9.17) is 9.16 Å². The molecule has 2 fully saturated rings. The molecule has 1 saturated heterocycles. The molecule has 5 nitrogen and oxygen atoms in total. The van der Waals surface area contributed by atoms with Crippen LogP contribution in [0, 0.1) is 5.41 Å². The molecule has 1 amide bonds. The molecule has 3 atom stereocenters. The lowest BCUT2D eigenvalue weighted by Gasteiger charge is -2.36. The van der Waals surface area contributed by atoms with Crippen molar-refractivity contribution in [3.05, 3.63) is 0 Å². The molecule has 0 spiro atoms. The van der Waals surface area contributed by atoms with Crippen LogP contribution in [-0.2, 0) is 18.8 Å². The molecular weight excluding hydrogens is 310 g/mol. The van der Waals surface area contributed by atoms with Crippen molar-refractivity contribution in [2.24, 2.45) is 5.41 Å². The number of rotatable bonds is 10. The number of unbranched alkanes of at least 4 members (excludes halogenated alkanes) is 1. The zero-order chi connectivity index (χ0) is 17.1. The van der Waals surface area contributed by atoms with Gasteiger partial charge in [-0.15, -0.1) is 0 Å². The Morgan fingerprint density at radius 1 is 1.26 bits per heavy atom. The number of hydrogen-bond acceptors (Lipinski definition) is 4. The molecule has 1 aliphatic carbocycles. The summed E-state index contributed by atoms with van der Waals surface area (Å²) in [5.74, 6) is -0.154. The fraction of sp³-hybridized carbons (Fsp3) is 0.882. The van der Waals surface area contributed by atoms with Gasteiger partial charge in [-0.2, -0.15) is 0 Å². The molecule has 1 N–H and O–H groups in total. The fourth-order valence-electron chi connectivity index (χ4n) is 3.53. The molecule has 0 aromatic rings. The Morgan fingerprint density at radius 3 is 2.35 bits per heavy atom. The molecule has 1 heterocycles. The van der Waals surface area contributed by atoms with E-state index in [1.54, 1.807) is 0 Å². The summed E-state index contributed by atoms with van der Waals surface area (Å²) in [5, 5.41) is 2.88. The summed E-state index contributed by atoms with van der Waals surface area (Å²) in [5.41, 5.74) is -0.626.